The highest BCUT2D eigenvalue weighted by Crippen LogP contribution is 2.37. The van der Waals surface area contributed by atoms with Crippen molar-refractivity contribution < 1.29 is 13.2 Å². The van der Waals surface area contributed by atoms with Crippen LogP contribution in [0, 0.1) is 5.92 Å². The third kappa shape index (κ3) is 4.48. The Balaban J connectivity index is 1.96. The Labute approximate surface area is 142 Å². The lowest BCUT2D eigenvalue weighted by Crippen LogP contribution is -2.42. The Bertz CT molecular complexity index is 555. The summed E-state index contributed by atoms with van der Waals surface area (Å²) >= 11 is 0. The number of likely N-dealkylation sites (tertiary alicyclic amines) is 1. The van der Waals surface area contributed by atoms with Gasteiger partial charge in [-0.1, -0.05) is 6.07 Å². The molecule has 0 amide bonds. The van der Waals surface area contributed by atoms with E-state index in [9.17, 15) is 13.2 Å². The fraction of sp³-hybridized carbons (Fsp3) is 0.722. The van der Waals surface area contributed by atoms with Crippen LogP contribution in [0.2, 0.25) is 0 Å². The Kier molecular flexibility index (Phi) is 5.60. The third-order valence-electron chi connectivity index (χ3n) is 4.97. The summed E-state index contributed by atoms with van der Waals surface area (Å²) in [5, 5.41) is 0. The van der Waals surface area contributed by atoms with Gasteiger partial charge in [-0.05, 0) is 65.0 Å². The zero-order valence-corrected chi connectivity index (χ0v) is 14.9. The second-order valence-electron chi connectivity index (χ2n) is 7.76. The number of halogens is 3. The van der Waals surface area contributed by atoms with Crippen molar-refractivity contribution in [1.29, 1.82) is 0 Å². The SMILES string of the molecule is CC(C)N1CC(CCC(N)c2cccc(C(F)(F)F)n2)CC1(C)C. The van der Waals surface area contributed by atoms with E-state index in [1.807, 2.05) is 0 Å². The maximum absolute atomic E-state index is 12.8. The minimum atomic E-state index is -4.43. The molecule has 0 aromatic carbocycles. The van der Waals surface area contributed by atoms with E-state index in [4.69, 9.17) is 5.73 Å². The molecule has 1 aliphatic heterocycles. The van der Waals surface area contributed by atoms with Gasteiger partial charge in [0.05, 0.1) is 5.69 Å². The highest BCUT2D eigenvalue weighted by Gasteiger charge is 2.39. The van der Waals surface area contributed by atoms with Gasteiger partial charge in [0.15, 0.2) is 0 Å². The van der Waals surface area contributed by atoms with Gasteiger partial charge in [0, 0.05) is 24.2 Å². The van der Waals surface area contributed by atoms with Crippen molar-refractivity contribution in [3.8, 4) is 0 Å². The topological polar surface area (TPSA) is 42.1 Å². The molecule has 1 aliphatic rings. The van der Waals surface area contributed by atoms with E-state index in [0.717, 1.165) is 25.5 Å². The average Bonchev–Trinajstić information content (AvgIpc) is 2.79. The highest BCUT2D eigenvalue weighted by atomic mass is 19.4. The number of pyridine rings is 1. The van der Waals surface area contributed by atoms with Gasteiger partial charge in [-0.25, -0.2) is 4.98 Å². The first kappa shape index (κ1) is 19.2. The Hall–Kier alpha value is -1.14. The lowest BCUT2D eigenvalue weighted by Gasteiger charge is -2.34. The van der Waals surface area contributed by atoms with Crippen LogP contribution in [-0.2, 0) is 6.18 Å². The molecule has 0 spiro atoms. The van der Waals surface area contributed by atoms with Crippen LogP contribution in [0.5, 0.6) is 0 Å². The molecule has 2 heterocycles. The maximum atomic E-state index is 12.8. The highest BCUT2D eigenvalue weighted by molar-refractivity contribution is 5.16. The lowest BCUT2D eigenvalue weighted by molar-refractivity contribution is -0.141. The van der Waals surface area contributed by atoms with Crippen molar-refractivity contribution in [3.63, 3.8) is 0 Å². The summed E-state index contributed by atoms with van der Waals surface area (Å²) in [6.45, 7) is 9.92. The number of alkyl halides is 3. The van der Waals surface area contributed by atoms with Gasteiger partial charge in [0.2, 0.25) is 0 Å². The molecule has 1 fully saturated rings. The van der Waals surface area contributed by atoms with Gasteiger partial charge in [0.25, 0.3) is 0 Å². The molecule has 0 saturated carbocycles. The van der Waals surface area contributed by atoms with E-state index in [1.54, 1.807) is 6.07 Å². The van der Waals surface area contributed by atoms with Crippen LogP contribution in [0.15, 0.2) is 18.2 Å². The first-order valence-electron chi connectivity index (χ1n) is 8.57. The van der Waals surface area contributed by atoms with Gasteiger partial charge >= 0.3 is 6.18 Å². The first-order chi connectivity index (χ1) is 11.0. The summed E-state index contributed by atoms with van der Waals surface area (Å²) in [6.07, 6.45) is -1.77. The normalized spacial score (nSPS) is 23.0. The minimum Gasteiger partial charge on any atom is -0.323 e. The smallest absolute Gasteiger partial charge is 0.323 e. The zero-order valence-electron chi connectivity index (χ0n) is 14.9. The Morgan fingerprint density at radius 1 is 1.33 bits per heavy atom. The summed E-state index contributed by atoms with van der Waals surface area (Å²) in [6, 6.07) is 3.98. The molecule has 1 saturated heterocycles. The summed E-state index contributed by atoms with van der Waals surface area (Å²) in [4.78, 5) is 6.19. The largest absolute Gasteiger partial charge is 0.433 e. The van der Waals surface area contributed by atoms with Crippen LogP contribution < -0.4 is 5.73 Å². The first-order valence-corrected chi connectivity index (χ1v) is 8.57. The number of hydrogen-bond acceptors (Lipinski definition) is 3. The standard InChI is InChI=1S/C18H28F3N3/c1-12(2)24-11-13(10-17(24,3)4)8-9-14(22)15-6-5-7-16(23-15)18(19,20)21/h5-7,12-14H,8-11,22H2,1-4H3. The van der Waals surface area contributed by atoms with E-state index in [1.165, 1.54) is 6.07 Å². The van der Waals surface area contributed by atoms with Crippen LogP contribution in [0.1, 0.15) is 64.4 Å². The van der Waals surface area contributed by atoms with Crippen molar-refractivity contribution in [1.82, 2.24) is 9.88 Å². The van der Waals surface area contributed by atoms with Crippen LogP contribution >= 0.6 is 0 Å². The quantitative estimate of drug-likeness (QED) is 0.862. The second kappa shape index (κ2) is 7.00. The van der Waals surface area contributed by atoms with Crippen LogP contribution in [0.4, 0.5) is 13.2 Å². The molecule has 2 unspecified atom stereocenters. The summed E-state index contributed by atoms with van der Waals surface area (Å²) in [7, 11) is 0. The van der Waals surface area contributed by atoms with Gasteiger partial charge < -0.3 is 5.73 Å². The van der Waals surface area contributed by atoms with Crippen LogP contribution in [0.25, 0.3) is 0 Å². The molecular weight excluding hydrogens is 315 g/mol. The van der Waals surface area contributed by atoms with Gasteiger partial charge in [-0.3, -0.25) is 4.90 Å². The van der Waals surface area contributed by atoms with Crippen molar-refractivity contribution >= 4 is 0 Å². The molecule has 0 radical (unpaired) electrons. The maximum Gasteiger partial charge on any atom is 0.433 e. The van der Waals surface area contributed by atoms with Crippen molar-refractivity contribution in [2.75, 3.05) is 6.54 Å². The average molecular weight is 343 g/mol. The summed E-state index contributed by atoms with van der Waals surface area (Å²) in [5.41, 5.74) is 5.72. The predicted molar refractivity (Wildman–Crippen MR) is 89.4 cm³/mol. The fourth-order valence-corrected chi connectivity index (χ4v) is 3.90. The van der Waals surface area contributed by atoms with E-state index in [2.05, 4.69) is 37.6 Å². The molecule has 2 N–H and O–H groups in total. The molecule has 0 bridgehead atoms. The number of aromatic nitrogens is 1. The van der Waals surface area contributed by atoms with E-state index < -0.39 is 17.9 Å². The molecular formula is C18H28F3N3. The minimum absolute atomic E-state index is 0.164. The summed E-state index contributed by atoms with van der Waals surface area (Å²) < 4.78 is 38.3. The van der Waals surface area contributed by atoms with Gasteiger partial charge in [-0.2, -0.15) is 13.2 Å². The molecule has 0 aliphatic carbocycles. The second-order valence-corrected chi connectivity index (χ2v) is 7.76. The molecule has 6 heteroatoms. The Morgan fingerprint density at radius 3 is 2.54 bits per heavy atom. The third-order valence-corrected chi connectivity index (χ3v) is 4.97. The van der Waals surface area contributed by atoms with E-state index >= 15 is 0 Å². The van der Waals surface area contributed by atoms with Crippen LogP contribution in [0.3, 0.4) is 0 Å². The lowest BCUT2D eigenvalue weighted by atomic mass is 9.91. The molecule has 24 heavy (non-hydrogen) atoms. The van der Waals surface area contributed by atoms with Gasteiger partial charge in [-0.15, -0.1) is 0 Å². The van der Waals surface area contributed by atoms with Crippen molar-refractivity contribution in [3.05, 3.63) is 29.6 Å². The molecule has 1 aromatic heterocycles. The molecule has 2 rings (SSSR count). The molecule has 1 aromatic rings. The number of hydrogen-bond donors (Lipinski definition) is 1. The Morgan fingerprint density at radius 2 is 2.00 bits per heavy atom. The fourth-order valence-electron chi connectivity index (χ4n) is 3.90. The van der Waals surface area contributed by atoms with Crippen molar-refractivity contribution in [2.45, 2.75) is 70.8 Å². The molecule has 2 atom stereocenters. The van der Waals surface area contributed by atoms with Crippen LogP contribution in [-0.4, -0.2) is 28.0 Å². The van der Waals surface area contributed by atoms with E-state index in [-0.39, 0.29) is 5.54 Å². The predicted octanol–water partition coefficient (Wildman–Crippen LogP) is 4.39. The summed E-state index contributed by atoms with van der Waals surface area (Å²) in [5.74, 6) is 0.527. The van der Waals surface area contributed by atoms with E-state index in [0.29, 0.717) is 24.1 Å². The number of rotatable bonds is 5. The number of nitrogens with zero attached hydrogens (tertiary/aromatic N) is 2. The molecule has 3 nitrogen and oxygen atoms in total. The zero-order chi connectivity index (χ0) is 18.1. The van der Waals surface area contributed by atoms with Gasteiger partial charge in [0.1, 0.15) is 5.69 Å². The number of nitrogens with two attached hydrogens (primary N) is 1. The monoisotopic (exact) mass is 343 g/mol. The van der Waals surface area contributed by atoms with Crippen molar-refractivity contribution in [2.24, 2.45) is 11.7 Å². The molecule has 136 valence electrons.